The molecule has 0 fully saturated rings. The first-order valence-corrected chi connectivity index (χ1v) is 9.86. The molecule has 1 amide bonds. The van der Waals surface area contributed by atoms with E-state index in [4.69, 9.17) is 4.74 Å². The van der Waals surface area contributed by atoms with Crippen LogP contribution in [-0.4, -0.2) is 28.1 Å². The van der Waals surface area contributed by atoms with Crippen molar-refractivity contribution < 1.29 is 9.53 Å². The summed E-state index contributed by atoms with van der Waals surface area (Å²) in [5.41, 5.74) is 4.08. The minimum atomic E-state index is -0.0289. The van der Waals surface area contributed by atoms with E-state index in [0.717, 1.165) is 35.0 Å². The maximum atomic E-state index is 12.9. The predicted molar refractivity (Wildman–Crippen MR) is 111 cm³/mol. The van der Waals surface area contributed by atoms with Gasteiger partial charge in [-0.05, 0) is 36.6 Å². The molecule has 0 radical (unpaired) electrons. The summed E-state index contributed by atoms with van der Waals surface area (Å²) in [5, 5.41) is 5.36. The van der Waals surface area contributed by atoms with Gasteiger partial charge in [0.1, 0.15) is 17.5 Å². The molecule has 142 valence electrons. The molecule has 28 heavy (non-hydrogen) atoms. The van der Waals surface area contributed by atoms with Crippen LogP contribution >= 0.6 is 0 Å². The molecule has 0 saturated heterocycles. The van der Waals surface area contributed by atoms with Gasteiger partial charge in [0.25, 0.3) is 5.91 Å². The molecule has 1 aliphatic heterocycles. The van der Waals surface area contributed by atoms with Gasteiger partial charge in [-0.2, -0.15) is 0 Å². The van der Waals surface area contributed by atoms with Crippen molar-refractivity contribution in [2.75, 3.05) is 6.54 Å². The fourth-order valence-electron chi connectivity index (χ4n) is 4.14. The van der Waals surface area contributed by atoms with E-state index in [1.54, 1.807) is 0 Å². The summed E-state index contributed by atoms with van der Waals surface area (Å²) in [6, 6.07) is 16.2. The van der Waals surface area contributed by atoms with Crippen LogP contribution in [0.25, 0.3) is 21.8 Å². The van der Waals surface area contributed by atoms with E-state index in [-0.39, 0.29) is 12.0 Å². The molecule has 1 unspecified atom stereocenters. The van der Waals surface area contributed by atoms with Crippen LogP contribution in [0, 0.1) is 0 Å². The van der Waals surface area contributed by atoms with Gasteiger partial charge in [0, 0.05) is 29.0 Å². The van der Waals surface area contributed by atoms with E-state index in [2.05, 4.69) is 33.9 Å². The number of nitrogens with zero attached hydrogens (tertiary/aromatic N) is 1. The number of rotatable bonds is 5. The van der Waals surface area contributed by atoms with Crippen molar-refractivity contribution in [3.8, 4) is 5.75 Å². The van der Waals surface area contributed by atoms with Crippen LogP contribution < -0.4 is 10.1 Å². The summed E-state index contributed by atoms with van der Waals surface area (Å²) in [6.45, 7) is 3.42. The standard InChI is InChI=1S/C23H23N3O2/c1-2-17-14-26-20(12-15-6-5-9-21(28-17)22(15)26)23(27)24-11-10-16-13-25-19-8-4-3-7-18(16)19/h3-9,12-13,17,25H,2,10-11,14H2,1H3,(H,24,27). The summed E-state index contributed by atoms with van der Waals surface area (Å²) < 4.78 is 8.18. The number of H-pyrrole nitrogens is 1. The van der Waals surface area contributed by atoms with Gasteiger partial charge < -0.3 is 19.6 Å². The molecule has 4 aromatic rings. The number of para-hydroxylation sites is 2. The Morgan fingerprint density at radius 3 is 3.04 bits per heavy atom. The Morgan fingerprint density at radius 2 is 2.14 bits per heavy atom. The zero-order valence-electron chi connectivity index (χ0n) is 15.9. The molecule has 5 rings (SSSR count). The first-order chi connectivity index (χ1) is 13.7. The van der Waals surface area contributed by atoms with Crippen LogP contribution in [0.5, 0.6) is 5.75 Å². The molecule has 0 saturated carbocycles. The maximum absolute atomic E-state index is 12.9. The Morgan fingerprint density at radius 1 is 1.25 bits per heavy atom. The van der Waals surface area contributed by atoms with Crippen molar-refractivity contribution in [1.29, 1.82) is 0 Å². The van der Waals surface area contributed by atoms with E-state index in [1.807, 2.05) is 42.6 Å². The zero-order valence-corrected chi connectivity index (χ0v) is 15.9. The van der Waals surface area contributed by atoms with Crippen molar-refractivity contribution in [1.82, 2.24) is 14.9 Å². The second-order valence-electron chi connectivity index (χ2n) is 7.35. The van der Waals surface area contributed by atoms with Crippen LogP contribution in [-0.2, 0) is 13.0 Å². The summed E-state index contributed by atoms with van der Waals surface area (Å²) in [7, 11) is 0. The van der Waals surface area contributed by atoms with Gasteiger partial charge in [-0.1, -0.05) is 37.3 Å². The van der Waals surface area contributed by atoms with Crippen molar-refractivity contribution >= 4 is 27.7 Å². The van der Waals surface area contributed by atoms with Crippen molar-refractivity contribution in [2.24, 2.45) is 0 Å². The topological polar surface area (TPSA) is 59.0 Å². The summed E-state index contributed by atoms with van der Waals surface area (Å²) in [6.07, 6.45) is 3.84. The van der Waals surface area contributed by atoms with Gasteiger partial charge in [-0.25, -0.2) is 0 Å². The Balaban J connectivity index is 1.36. The SMILES string of the molecule is CCC1Cn2c(C(=O)NCCc3c[nH]c4ccccc34)cc3cccc(c32)O1. The van der Waals surface area contributed by atoms with Crippen LogP contribution in [0.15, 0.2) is 54.7 Å². The van der Waals surface area contributed by atoms with Crippen LogP contribution in [0.1, 0.15) is 29.4 Å². The largest absolute Gasteiger partial charge is 0.486 e. The lowest BCUT2D eigenvalue weighted by Crippen LogP contribution is -2.32. The molecular weight excluding hydrogens is 350 g/mol. The Hall–Kier alpha value is -3.21. The van der Waals surface area contributed by atoms with E-state index in [9.17, 15) is 4.79 Å². The summed E-state index contributed by atoms with van der Waals surface area (Å²) in [4.78, 5) is 16.2. The number of aromatic nitrogens is 2. The summed E-state index contributed by atoms with van der Waals surface area (Å²) in [5.74, 6) is 0.840. The number of amides is 1. The lowest BCUT2D eigenvalue weighted by Gasteiger charge is -2.26. The first-order valence-electron chi connectivity index (χ1n) is 9.86. The van der Waals surface area contributed by atoms with Crippen molar-refractivity contribution in [3.63, 3.8) is 0 Å². The molecule has 1 aliphatic rings. The molecule has 0 spiro atoms. The van der Waals surface area contributed by atoms with Gasteiger partial charge in [0.2, 0.25) is 0 Å². The fourth-order valence-corrected chi connectivity index (χ4v) is 4.14. The average Bonchev–Trinajstić information content (AvgIpc) is 3.31. The molecule has 5 heteroatoms. The van der Waals surface area contributed by atoms with Gasteiger partial charge in [-0.15, -0.1) is 0 Å². The quantitative estimate of drug-likeness (QED) is 0.549. The number of ether oxygens (including phenoxy) is 1. The van der Waals surface area contributed by atoms with Gasteiger partial charge in [0.15, 0.2) is 0 Å². The van der Waals surface area contributed by atoms with E-state index in [1.165, 1.54) is 10.9 Å². The minimum absolute atomic E-state index is 0.0289. The Kier molecular flexibility index (Phi) is 4.08. The van der Waals surface area contributed by atoms with Crippen LogP contribution in [0.4, 0.5) is 0 Å². The summed E-state index contributed by atoms with van der Waals surface area (Å²) >= 11 is 0. The second kappa shape index (κ2) is 6.75. The first kappa shape index (κ1) is 16.9. The van der Waals surface area contributed by atoms with Gasteiger partial charge in [0.05, 0.1) is 12.1 Å². The van der Waals surface area contributed by atoms with Crippen LogP contribution in [0.2, 0.25) is 0 Å². The lowest BCUT2D eigenvalue weighted by molar-refractivity contribution is 0.0938. The zero-order chi connectivity index (χ0) is 19.1. The predicted octanol–water partition coefficient (Wildman–Crippen LogP) is 4.27. The number of hydrogen-bond acceptors (Lipinski definition) is 2. The van der Waals surface area contributed by atoms with Gasteiger partial charge in [-0.3, -0.25) is 4.79 Å². The highest BCUT2D eigenvalue weighted by Crippen LogP contribution is 2.34. The Bertz CT molecular complexity index is 1170. The minimum Gasteiger partial charge on any atom is -0.486 e. The third kappa shape index (κ3) is 2.74. The van der Waals surface area contributed by atoms with E-state index in [0.29, 0.717) is 18.8 Å². The van der Waals surface area contributed by atoms with Gasteiger partial charge >= 0.3 is 0 Å². The number of aromatic amines is 1. The number of nitrogens with one attached hydrogen (secondary N) is 2. The van der Waals surface area contributed by atoms with Crippen molar-refractivity contribution in [3.05, 3.63) is 66.0 Å². The molecule has 2 aromatic carbocycles. The highest BCUT2D eigenvalue weighted by Gasteiger charge is 2.25. The monoisotopic (exact) mass is 373 g/mol. The molecular formula is C23H23N3O2. The molecule has 2 aromatic heterocycles. The highest BCUT2D eigenvalue weighted by atomic mass is 16.5. The maximum Gasteiger partial charge on any atom is 0.267 e. The average molecular weight is 373 g/mol. The third-order valence-corrected chi connectivity index (χ3v) is 5.61. The molecule has 3 heterocycles. The molecule has 0 aliphatic carbocycles. The Labute approximate surface area is 163 Å². The number of carbonyl (C=O) groups excluding carboxylic acids is 1. The smallest absolute Gasteiger partial charge is 0.267 e. The second-order valence-corrected chi connectivity index (χ2v) is 7.35. The molecule has 1 atom stereocenters. The number of fused-ring (bicyclic) bond motifs is 1. The number of carbonyl (C=O) groups is 1. The molecule has 2 N–H and O–H groups in total. The number of benzene rings is 2. The third-order valence-electron chi connectivity index (χ3n) is 5.61. The fraction of sp³-hybridized carbons (Fsp3) is 0.261. The van der Waals surface area contributed by atoms with E-state index < -0.39 is 0 Å². The van der Waals surface area contributed by atoms with Crippen molar-refractivity contribution in [2.45, 2.75) is 32.4 Å². The number of hydrogen-bond donors (Lipinski definition) is 2. The van der Waals surface area contributed by atoms with Crippen LogP contribution in [0.3, 0.4) is 0 Å². The highest BCUT2D eigenvalue weighted by molar-refractivity contribution is 6.00. The molecule has 0 bridgehead atoms. The molecule has 5 nitrogen and oxygen atoms in total. The lowest BCUT2D eigenvalue weighted by atomic mass is 10.1. The normalized spacial score (nSPS) is 15.7. The van der Waals surface area contributed by atoms with E-state index >= 15 is 0 Å².